The molecule has 1 aromatic carbocycles. The molecule has 1 aliphatic rings. The number of urea groups is 1. The number of aromatic nitrogens is 3. The highest BCUT2D eigenvalue weighted by Gasteiger charge is 2.21. The van der Waals surface area contributed by atoms with Crippen molar-refractivity contribution >= 4 is 11.7 Å². The van der Waals surface area contributed by atoms with Crippen LogP contribution in [0.2, 0.25) is 0 Å². The van der Waals surface area contributed by atoms with Gasteiger partial charge in [0.25, 0.3) is 0 Å². The number of likely N-dealkylation sites (tertiary alicyclic amines) is 1. The lowest BCUT2D eigenvalue weighted by Crippen LogP contribution is -2.44. The Morgan fingerprint density at radius 3 is 2.71 bits per heavy atom. The molecule has 3 rings (SSSR count). The van der Waals surface area contributed by atoms with E-state index in [0.717, 1.165) is 24.2 Å². The second-order valence-electron chi connectivity index (χ2n) is 5.11. The monoisotopic (exact) mass is 286 g/mol. The summed E-state index contributed by atoms with van der Waals surface area (Å²) in [7, 11) is 0. The summed E-state index contributed by atoms with van der Waals surface area (Å²) in [4.78, 5) is 12.8. The topological polar surface area (TPSA) is 89.1 Å². The Bertz CT molecular complexity index is 604. The summed E-state index contributed by atoms with van der Waals surface area (Å²) in [5, 5.41) is 11.4. The summed E-state index contributed by atoms with van der Waals surface area (Å²) < 4.78 is 1.74. The Kier molecular flexibility index (Phi) is 3.72. The van der Waals surface area contributed by atoms with Gasteiger partial charge in [-0.2, -0.15) is 0 Å². The molecule has 7 nitrogen and oxygen atoms in total. The normalized spacial score (nSPS) is 15.9. The van der Waals surface area contributed by atoms with Crippen LogP contribution in [0.25, 0.3) is 5.69 Å². The molecule has 1 saturated heterocycles. The summed E-state index contributed by atoms with van der Waals surface area (Å²) >= 11 is 0. The van der Waals surface area contributed by atoms with Crippen LogP contribution >= 0.6 is 0 Å². The van der Waals surface area contributed by atoms with Crippen LogP contribution in [-0.2, 0) is 0 Å². The highest BCUT2D eigenvalue weighted by Crippen LogP contribution is 2.22. The van der Waals surface area contributed by atoms with Crippen molar-refractivity contribution in [1.29, 1.82) is 0 Å². The van der Waals surface area contributed by atoms with Gasteiger partial charge in [0.2, 0.25) is 0 Å². The highest BCUT2D eigenvalue weighted by atomic mass is 16.2. The molecule has 7 heteroatoms. The van der Waals surface area contributed by atoms with Gasteiger partial charge in [-0.3, -0.25) is 0 Å². The van der Waals surface area contributed by atoms with E-state index in [-0.39, 0.29) is 6.03 Å². The second kappa shape index (κ2) is 5.82. The number of piperidine rings is 1. The lowest BCUT2D eigenvalue weighted by molar-refractivity contribution is 0.193. The van der Waals surface area contributed by atoms with Crippen molar-refractivity contribution in [2.24, 2.45) is 5.73 Å². The van der Waals surface area contributed by atoms with E-state index in [2.05, 4.69) is 15.6 Å². The first-order valence-electron chi connectivity index (χ1n) is 7.00. The van der Waals surface area contributed by atoms with E-state index in [9.17, 15) is 4.79 Å². The van der Waals surface area contributed by atoms with Gasteiger partial charge in [0.05, 0.1) is 23.8 Å². The lowest BCUT2D eigenvalue weighted by atomic mass is 10.0. The van der Waals surface area contributed by atoms with Crippen LogP contribution in [0.1, 0.15) is 12.8 Å². The Balaban J connectivity index is 1.70. The molecule has 2 amide bonds. The first kappa shape index (κ1) is 13.4. The van der Waals surface area contributed by atoms with Crippen LogP contribution in [0.3, 0.4) is 0 Å². The van der Waals surface area contributed by atoms with Crippen molar-refractivity contribution in [3.63, 3.8) is 0 Å². The summed E-state index contributed by atoms with van der Waals surface area (Å²) in [6.45, 7) is 1.39. The molecule has 3 N–H and O–H groups in total. The van der Waals surface area contributed by atoms with Gasteiger partial charge in [-0.1, -0.05) is 17.3 Å². The Labute approximate surface area is 122 Å². The zero-order valence-corrected chi connectivity index (χ0v) is 11.6. The number of rotatable bonds is 3. The van der Waals surface area contributed by atoms with Crippen LogP contribution < -0.4 is 11.1 Å². The van der Waals surface area contributed by atoms with Gasteiger partial charge in [0.1, 0.15) is 0 Å². The minimum absolute atomic E-state index is 0.324. The molecule has 1 aromatic heterocycles. The molecule has 1 fully saturated rings. The number of hydrogen-bond acceptors (Lipinski definition) is 4. The molecule has 21 heavy (non-hydrogen) atoms. The van der Waals surface area contributed by atoms with Crippen molar-refractivity contribution in [3.05, 3.63) is 36.7 Å². The predicted octanol–water partition coefficient (Wildman–Crippen LogP) is 1.22. The minimum Gasteiger partial charge on any atom is -0.380 e. The highest BCUT2D eigenvalue weighted by molar-refractivity contribution is 5.72. The zero-order chi connectivity index (χ0) is 14.7. The molecule has 1 aliphatic heterocycles. The van der Waals surface area contributed by atoms with Gasteiger partial charge in [0, 0.05) is 19.1 Å². The molecule has 2 aromatic rings. The fourth-order valence-electron chi connectivity index (χ4n) is 2.60. The predicted molar refractivity (Wildman–Crippen MR) is 79.2 cm³/mol. The largest absolute Gasteiger partial charge is 0.380 e. The zero-order valence-electron chi connectivity index (χ0n) is 11.6. The maximum atomic E-state index is 11.1. The van der Waals surface area contributed by atoms with Gasteiger partial charge in [0.15, 0.2) is 0 Å². The third-order valence-corrected chi connectivity index (χ3v) is 3.74. The number of anilines is 1. The van der Waals surface area contributed by atoms with Gasteiger partial charge in [-0.25, -0.2) is 9.48 Å². The average Bonchev–Trinajstić information content (AvgIpc) is 3.02. The van der Waals surface area contributed by atoms with E-state index >= 15 is 0 Å². The van der Waals surface area contributed by atoms with Crippen molar-refractivity contribution in [3.8, 4) is 5.69 Å². The maximum absolute atomic E-state index is 11.1. The standard InChI is InChI=1S/C14H18N6O/c15-14(21)19-8-5-11(6-9-19)17-12-3-1-2-4-13(12)20-10-7-16-18-20/h1-4,7,10-11,17H,5-6,8-9H2,(H2,15,21). The molecule has 110 valence electrons. The molecule has 0 aliphatic carbocycles. The number of nitrogens with zero attached hydrogens (tertiary/aromatic N) is 4. The first-order chi connectivity index (χ1) is 10.2. The smallest absolute Gasteiger partial charge is 0.314 e. The number of para-hydroxylation sites is 2. The summed E-state index contributed by atoms with van der Waals surface area (Å²) in [5.74, 6) is 0. The van der Waals surface area contributed by atoms with E-state index in [0.29, 0.717) is 19.1 Å². The van der Waals surface area contributed by atoms with E-state index in [1.165, 1.54) is 0 Å². The second-order valence-corrected chi connectivity index (χ2v) is 5.11. The number of nitrogens with two attached hydrogens (primary N) is 1. The molecule has 0 bridgehead atoms. The number of benzene rings is 1. The molecular weight excluding hydrogens is 268 g/mol. The summed E-state index contributed by atoms with van der Waals surface area (Å²) in [5.41, 5.74) is 7.28. The summed E-state index contributed by atoms with van der Waals surface area (Å²) in [6.07, 6.45) is 5.24. The quantitative estimate of drug-likeness (QED) is 0.888. The van der Waals surface area contributed by atoms with Crippen molar-refractivity contribution in [2.75, 3.05) is 18.4 Å². The van der Waals surface area contributed by atoms with Gasteiger partial charge in [-0.15, -0.1) is 5.10 Å². The van der Waals surface area contributed by atoms with Crippen LogP contribution in [-0.4, -0.2) is 45.1 Å². The van der Waals surface area contributed by atoms with E-state index in [4.69, 9.17) is 5.73 Å². The number of carbonyl (C=O) groups excluding carboxylic acids is 1. The molecule has 0 spiro atoms. The SMILES string of the molecule is NC(=O)N1CCC(Nc2ccccc2-n2ccnn2)CC1. The molecular formula is C14H18N6O. The van der Waals surface area contributed by atoms with Crippen LogP contribution in [0, 0.1) is 0 Å². The maximum Gasteiger partial charge on any atom is 0.314 e. The first-order valence-corrected chi connectivity index (χ1v) is 7.00. The number of amides is 2. The fraction of sp³-hybridized carbons (Fsp3) is 0.357. The number of primary amides is 1. The molecule has 0 saturated carbocycles. The lowest BCUT2D eigenvalue weighted by Gasteiger charge is -2.32. The fourth-order valence-corrected chi connectivity index (χ4v) is 2.60. The summed E-state index contributed by atoms with van der Waals surface area (Å²) in [6, 6.07) is 7.97. The minimum atomic E-state index is -0.337. The van der Waals surface area contributed by atoms with Gasteiger partial charge < -0.3 is 16.0 Å². The van der Waals surface area contributed by atoms with Crippen molar-refractivity contribution < 1.29 is 4.79 Å². The van der Waals surface area contributed by atoms with Gasteiger partial charge in [-0.05, 0) is 25.0 Å². The third kappa shape index (κ3) is 2.96. The number of nitrogens with one attached hydrogen (secondary N) is 1. The van der Waals surface area contributed by atoms with Gasteiger partial charge >= 0.3 is 6.03 Å². The van der Waals surface area contributed by atoms with E-state index in [1.54, 1.807) is 15.8 Å². The third-order valence-electron chi connectivity index (χ3n) is 3.74. The van der Waals surface area contributed by atoms with Crippen LogP contribution in [0.5, 0.6) is 0 Å². The molecule has 0 atom stereocenters. The Morgan fingerprint density at radius 1 is 1.29 bits per heavy atom. The van der Waals surface area contributed by atoms with Crippen LogP contribution in [0.15, 0.2) is 36.7 Å². The average molecular weight is 286 g/mol. The van der Waals surface area contributed by atoms with Crippen molar-refractivity contribution in [2.45, 2.75) is 18.9 Å². The molecule has 0 unspecified atom stereocenters. The Morgan fingerprint density at radius 2 is 2.05 bits per heavy atom. The van der Waals surface area contributed by atoms with Crippen LogP contribution in [0.4, 0.5) is 10.5 Å². The van der Waals surface area contributed by atoms with E-state index in [1.807, 2.05) is 30.5 Å². The van der Waals surface area contributed by atoms with Crippen molar-refractivity contribution in [1.82, 2.24) is 19.9 Å². The van der Waals surface area contributed by atoms with E-state index < -0.39 is 0 Å². The molecule has 0 radical (unpaired) electrons. The number of carbonyl (C=O) groups is 1. The molecule has 2 heterocycles. The Hall–Kier alpha value is -2.57. The number of hydrogen-bond donors (Lipinski definition) is 2.